The van der Waals surface area contributed by atoms with Crippen LogP contribution in [0.3, 0.4) is 0 Å². The van der Waals surface area contributed by atoms with E-state index in [0.29, 0.717) is 11.5 Å². The van der Waals surface area contributed by atoms with Crippen LogP contribution >= 0.6 is 11.6 Å². The Morgan fingerprint density at radius 2 is 2.06 bits per heavy atom. The molecule has 0 aromatic carbocycles. The quantitative estimate of drug-likeness (QED) is 0.830. The van der Waals surface area contributed by atoms with E-state index in [9.17, 15) is 0 Å². The molecule has 6 nitrogen and oxygen atoms in total. The van der Waals surface area contributed by atoms with Crippen molar-refractivity contribution in [3.63, 3.8) is 0 Å². The van der Waals surface area contributed by atoms with Gasteiger partial charge in [0.15, 0.2) is 5.65 Å². The Morgan fingerprint density at radius 1 is 1.33 bits per heavy atom. The zero-order valence-corrected chi connectivity index (χ0v) is 11.4. The van der Waals surface area contributed by atoms with Crippen LogP contribution in [-0.4, -0.2) is 44.3 Å². The number of fused-ring (bicyclic) bond motifs is 1. The summed E-state index contributed by atoms with van der Waals surface area (Å²) in [7, 11) is 0. The smallest absolute Gasteiger partial charge is 0.226 e. The summed E-state index contributed by atoms with van der Waals surface area (Å²) in [6, 6.07) is 0. The van der Waals surface area contributed by atoms with Gasteiger partial charge < -0.3 is 10.6 Å². The minimum Gasteiger partial charge on any atom is -0.383 e. The van der Waals surface area contributed by atoms with E-state index in [-0.39, 0.29) is 5.28 Å². The van der Waals surface area contributed by atoms with Crippen LogP contribution in [0.1, 0.15) is 13.8 Å². The molecule has 0 atom stereocenters. The van der Waals surface area contributed by atoms with E-state index >= 15 is 0 Å². The Hall–Kier alpha value is -1.40. The Kier molecular flexibility index (Phi) is 3.98. The highest BCUT2D eigenvalue weighted by Gasteiger charge is 2.10. The molecule has 0 saturated carbocycles. The van der Waals surface area contributed by atoms with Gasteiger partial charge in [-0.2, -0.15) is 10.1 Å². The summed E-state index contributed by atoms with van der Waals surface area (Å²) in [4.78, 5) is 10.4. The lowest BCUT2D eigenvalue weighted by atomic mass is 10.4. The van der Waals surface area contributed by atoms with Gasteiger partial charge in [-0.15, -0.1) is 0 Å². The lowest BCUT2D eigenvalue weighted by Gasteiger charge is -2.17. The number of hydrogen-bond acceptors (Lipinski definition) is 5. The fourth-order valence-corrected chi connectivity index (χ4v) is 2.06. The standard InChI is InChI=1S/C11H17ClN6/c1-3-17(4-2)5-6-18-10-8(7-14-18)9(13)15-11(12)16-10/h7H,3-6H2,1-2H3,(H2,13,15,16). The van der Waals surface area contributed by atoms with Gasteiger partial charge in [-0.3, -0.25) is 0 Å². The molecule has 0 aliphatic carbocycles. The number of rotatable bonds is 5. The monoisotopic (exact) mass is 268 g/mol. The van der Waals surface area contributed by atoms with Gasteiger partial charge in [-0.1, -0.05) is 13.8 Å². The normalized spacial score (nSPS) is 11.6. The highest BCUT2D eigenvalue weighted by molar-refractivity contribution is 6.28. The maximum absolute atomic E-state index is 5.82. The molecule has 7 heteroatoms. The van der Waals surface area contributed by atoms with Crippen molar-refractivity contribution in [1.82, 2.24) is 24.6 Å². The van der Waals surface area contributed by atoms with Gasteiger partial charge in [0.05, 0.1) is 18.1 Å². The number of nitrogens with two attached hydrogens (primary N) is 1. The van der Waals surface area contributed by atoms with Crippen molar-refractivity contribution in [1.29, 1.82) is 0 Å². The first-order valence-corrected chi connectivity index (χ1v) is 6.40. The Bertz CT molecular complexity index is 534. The second-order valence-electron chi connectivity index (χ2n) is 4.01. The van der Waals surface area contributed by atoms with Gasteiger partial charge in [0.25, 0.3) is 0 Å². The van der Waals surface area contributed by atoms with Crippen LogP contribution in [-0.2, 0) is 6.54 Å². The zero-order valence-electron chi connectivity index (χ0n) is 10.6. The van der Waals surface area contributed by atoms with Crippen molar-refractivity contribution >= 4 is 28.5 Å². The molecular weight excluding hydrogens is 252 g/mol. The summed E-state index contributed by atoms with van der Waals surface area (Å²) in [5, 5.41) is 5.19. The molecule has 2 rings (SSSR count). The van der Waals surface area contributed by atoms with Gasteiger partial charge in [0, 0.05) is 6.54 Å². The van der Waals surface area contributed by atoms with E-state index in [4.69, 9.17) is 17.3 Å². The lowest BCUT2D eigenvalue weighted by molar-refractivity contribution is 0.287. The molecule has 0 aliphatic rings. The number of likely N-dealkylation sites (N-methyl/N-ethyl adjacent to an activating group) is 1. The summed E-state index contributed by atoms with van der Waals surface area (Å²) in [6.07, 6.45) is 1.68. The van der Waals surface area contributed by atoms with Gasteiger partial charge in [-0.25, -0.2) is 9.67 Å². The number of aromatic nitrogens is 4. The first-order chi connectivity index (χ1) is 8.65. The summed E-state index contributed by atoms with van der Waals surface area (Å²) in [5.74, 6) is 0.374. The van der Waals surface area contributed by atoms with Crippen molar-refractivity contribution in [3.8, 4) is 0 Å². The van der Waals surface area contributed by atoms with Crippen molar-refractivity contribution in [2.75, 3.05) is 25.4 Å². The van der Waals surface area contributed by atoms with Crippen molar-refractivity contribution < 1.29 is 0 Å². The Balaban J connectivity index is 2.24. The second-order valence-corrected chi connectivity index (χ2v) is 4.35. The maximum Gasteiger partial charge on any atom is 0.226 e. The Labute approximate surface area is 111 Å². The average Bonchev–Trinajstić information content (AvgIpc) is 2.74. The molecule has 2 aromatic heterocycles. The number of nitrogens with zero attached hydrogens (tertiary/aromatic N) is 5. The first kappa shape index (κ1) is 13.0. The molecule has 2 heterocycles. The second kappa shape index (κ2) is 5.49. The van der Waals surface area contributed by atoms with Crippen LogP contribution in [0.25, 0.3) is 11.0 Å². The third-order valence-electron chi connectivity index (χ3n) is 3.02. The number of hydrogen-bond donors (Lipinski definition) is 1. The van der Waals surface area contributed by atoms with Gasteiger partial charge in [0.1, 0.15) is 5.82 Å². The molecule has 98 valence electrons. The summed E-state index contributed by atoms with van der Waals surface area (Å²) in [5.41, 5.74) is 6.47. The highest BCUT2D eigenvalue weighted by Crippen LogP contribution is 2.18. The SMILES string of the molecule is CCN(CC)CCn1ncc2c(N)nc(Cl)nc21. The molecule has 0 saturated heterocycles. The summed E-state index contributed by atoms with van der Waals surface area (Å²) < 4.78 is 1.82. The number of halogens is 1. The van der Waals surface area contributed by atoms with Crippen LogP contribution in [0, 0.1) is 0 Å². The minimum absolute atomic E-state index is 0.157. The largest absolute Gasteiger partial charge is 0.383 e. The van der Waals surface area contributed by atoms with E-state index in [2.05, 4.69) is 33.8 Å². The van der Waals surface area contributed by atoms with Crippen LogP contribution in [0.15, 0.2) is 6.20 Å². The van der Waals surface area contributed by atoms with Gasteiger partial charge >= 0.3 is 0 Å². The molecule has 0 spiro atoms. The molecule has 0 radical (unpaired) electrons. The molecular formula is C11H17ClN6. The van der Waals surface area contributed by atoms with Crippen LogP contribution in [0.4, 0.5) is 5.82 Å². The van der Waals surface area contributed by atoms with Gasteiger partial charge in [0.2, 0.25) is 5.28 Å². The van der Waals surface area contributed by atoms with E-state index in [1.807, 2.05) is 4.68 Å². The number of nitrogen functional groups attached to an aromatic ring is 1. The predicted octanol–water partition coefficient (Wildman–Crippen LogP) is 1.40. The van der Waals surface area contributed by atoms with Crippen LogP contribution in [0.2, 0.25) is 5.28 Å². The molecule has 0 unspecified atom stereocenters. The minimum atomic E-state index is 0.157. The van der Waals surface area contributed by atoms with Crippen molar-refractivity contribution in [2.24, 2.45) is 0 Å². The molecule has 0 aliphatic heterocycles. The third-order valence-corrected chi connectivity index (χ3v) is 3.19. The van der Waals surface area contributed by atoms with Crippen molar-refractivity contribution in [2.45, 2.75) is 20.4 Å². The predicted molar refractivity (Wildman–Crippen MR) is 72.5 cm³/mol. The molecule has 2 aromatic rings. The fraction of sp³-hybridized carbons (Fsp3) is 0.545. The molecule has 0 amide bonds. The van der Waals surface area contributed by atoms with Crippen molar-refractivity contribution in [3.05, 3.63) is 11.5 Å². The number of anilines is 1. The highest BCUT2D eigenvalue weighted by atomic mass is 35.5. The van der Waals surface area contributed by atoms with E-state index < -0.39 is 0 Å². The topological polar surface area (TPSA) is 72.9 Å². The third kappa shape index (κ3) is 2.54. The first-order valence-electron chi connectivity index (χ1n) is 6.02. The summed E-state index contributed by atoms with van der Waals surface area (Å²) >= 11 is 5.82. The molecule has 2 N–H and O–H groups in total. The molecule has 18 heavy (non-hydrogen) atoms. The van der Waals surface area contributed by atoms with Crippen LogP contribution < -0.4 is 5.73 Å². The van der Waals surface area contributed by atoms with Crippen LogP contribution in [0.5, 0.6) is 0 Å². The fourth-order valence-electron chi connectivity index (χ4n) is 1.89. The molecule has 0 fully saturated rings. The lowest BCUT2D eigenvalue weighted by Crippen LogP contribution is -2.27. The van der Waals surface area contributed by atoms with E-state index in [1.54, 1.807) is 6.20 Å². The molecule has 0 bridgehead atoms. The van der Waals surface area contributed by atoms with Gasteiger partial charge in [-0.05, 0) is 24.7 Å². The zero-order chi connectivity index (χ0) is 13.1. The van der Waals surface area contributed by atoms with E-state index in [1.165, 1.54) is 0 Å². The van der Waals surface area contributed by atoms with E-state index in [0.717, 1.165) is 31.6 Å². The average molecular weight is 269 g/mol. The Morgan fingerprint density at radius 3 is 2.72 bits per heavy atom. The summed E-state index contributed by atoms with van der Waals surface area (Å²) in [6.45, 7) is 8.01. The maximum atomic E-state index is 5.82.